The summed E-state index contributed by atoms with van der Waals surface area (Å²) >= 11 is 0. The lowest BCUT2D eigenvalue weighted by molar-refractivity contribution is 0.127. The fraction of sp³-hybridized carbons (Fsp3) is 0.625. The molecular weight excluding hydrogens is 220 g/mol. The number of fused-ring (bicyclic) bond motifs is 3. The van der Waals surface area contributed by atoms with Gasteiger partial charge in [-0.3, -0.25) is 4.90 Å². The van der Waals surface area contributed by atoms with Crippen molar-refractivity contribution in [1.29, 1.82) is 0 Å². The summed E-state index contributed by atoms with van der Waals surface area (Å²) in [6.07, 6.45) is 6.94. The van der Waals surface area contributed by atoms with Crippen molar-refractivity contribution in [1.82, 2.24) is 4.90 Å². The number of hydrogen-bond donors (Lipinski definition) is 0. The van der Waals surface area contributed by atoms with Crippen LogP contribution < -0.4 is 4.90 Å². The molecule has 1 aromatic rings. The topological polar surface area (TPSA) is 6.48 Å². The molecule has 1 saturated carbocycles. The van der Waals surface area contributed by atoms with Crippen LogP contribution in [0.4, 0.5) is 5.69 Å². The molecule has 2 heterocycles. The second-order valence-electron chi connectivity index (χ2n) is 6.11. The van der Waals surface area contributed by atoms with Crippen molar-refractivity contribution in [2.45, 2.75) is 44.2 Å². The minimum atomic E-state index is 0.741. The van der Waals surface area contributed by atoms with E-state index in [-0.39, 0.29) is 0 Å². The molecule has 0 amide bonds. The van der Waals surface area contributed by atoms with E-state index in [0.717, 1.165) is 12.1 Å². The summed E-state index contributed by atoms with van der Waals surface area (Å²) in [5, 5.41) is 0. The van der Waals surface area contributed by atoms with Crippen LogP contribution in [-0.2, 0) is 6.42 Å². The van der Waals surface area contributed by atoms with Crippen molar-refractivity contribution in [3.05, 3.63) is 29.8 Å². The summed E-state index contributed by atoms with van der Waals surface area (Å²) < 4.78 is 0. The zero-order valence-corrected chi connectivity index (χ0v) is 11.0. The molecule has 1 aliphatic carbocycles. The number of hydrogen-bond acceptors (Lipinski definition) is 2. The first-order chi connectivity index (χ1) is 8.92. The Bertz CT molecular complexity index is 438. The first kappa shape index (κ1) is 10.9. The second kappa shape index (κ2) is 4.27. The summed E-state index contributed by atoms with van der Waals surface area (Å²) in [5.74, 6) is 0. The van der Waals surface area contributed by atoms with E-state index in [0.29, 0.717) is 0 Å². The molecule has 0 radical (unpaired) electrons. The first-order valence-electron chi connectivity index (χ1n) is 7.50. The zero-order chi connectivity index (χ0) is 11.9. The van der Waals surface area contributed by atoms with E-state index in [4.69, 9.17) is 0 Å². The number of para-hydroxylation sites is 1. The number of rotatable bonds is 1. The van der Waals surface area contributed by atoms with E-state index < -0.39 is 0 Å². The quantitative estimate of drug-likeness (QED) is 0.747. The van der Waals surface area contributed by atoms with Crippen LogP contribution in [-0.4, -0.2) is 36.6 Å². The maximum atomic E-state index is 2.78. The van der Waals surface area contributed by atoms with Crippen LogP contribution in [0.15, 0.2) is 24.3 Å². The maximum Gasteiger partial charge on any atom is 0.0458 e. The van der Waals surface area contributed by atoms with Crippen LogP contribution in [0, 0.1) is 0 Å². The Hall–Kier alpha value is -1.02. The minimum absolute atomic E-state index is 0.741. The lowest BCUT2D eigenvalue weighted by Gasteiger charge is -2.38. The van der Waals surface area contributed by atoms with Crippen LogP contribution >= 0.6 is 0 Å². The molecule has 96 valence electrons. The van der Waals surface area contributed by atoms with Crippen LogP contribution in [0.3, 0.4) is 0 Å². The average Bonchev–Trinajstić information content (AvgIpc) is 2.53. The molecule has 0 aromatic heterocycles. The van der Waals surface area contributed by atoms with Crippen molar-refractivity contribution >= 4 is 5.69 Å². The van der Waals surface area contributed by atoms with Gasteiger partial charge in [-0.2, -0.15) is 0 Å². The van der Waals surface area contributed by atoms with Gasteiger partial charge in [0.15, 0.2) is 0 Å². The standard InChI is InChI=1S/C16H22N2/c1-2-8-16-13(5-1)11-15-12-17(14-6-3-7-14)9-4-10-18(15)16/h1-2,5,8,14-15H,3-4,6-7,9-12H2. The van der Waals surface area contributed by atoms with Crippen molar-refractivity contribution in [3.63, 3.8) is 0 Å². The fourth-order valence-electron chi connectivity index (χ4n) is 3.88. The van der Waals surface area contributed by atoms with E-state index in [1.165, 1.54) is 57.4 Å². The Kier molecular flexibility index (Phi) is 2.58. The van der Waals surface area contributed by atoms with E-state index in [1.54, 1.807) is 5.56 Å². The monoisotopic (exact) mass is 242 g/mol. The van der Waals surface area contributed by atoms with Crippen molar-refractivity contribution in [3.8, 4) is 0 Å². The molecule has 2 aliphatic heterocycles. The molecule has 2 nitrogen and oxygen atoms in total. The molecular formula is C16H22N2. The SMILES string of the molecule is c1ccc2c(c1)CC1CN(C3CCC3)CCCN21. The average molecular weight is 242 g/mol. The predicted octanol–water partition coefficient (Wildman–Crippen LogP) is 2.68. The van der Waals surface area contributed by atoms with Gasteiger partial charge in [-0.1, -0.05) is 24.6 Å². The van der Waals surface area contributed by atoms with Gasteiger partial charge >= 0.3 is 0 Å². The highest BCUT2D eigenvalue weighted by molar-refractivity contribution is 5.59. The van der Waals surface area contributed by atoms with Gasteiger partial charge in [0.1, 0.15) is 0 Å². The third-order valence-electron chi connectivity index (χ3n) is 5.08. The van der Waals surface area contributed by atoms with Gasteiger partial charge in [0.25, 0.3) is 0 Å². The Balaban J connectivity index is 1.57. The van der Waals surface area contributed by atoms with Crippen molar-refractivity contribution < 1.29 is 0 Å². The first-order valence-corrected chi connectivity index (χ1v) is 7.50. The molecule has 1 unspecified atom stereocenters. The molecule has 1 atom stereocenters. The van der Waals surface area contributed by atoms with Gasteiger partial charge < -0.3 is 4.90 Å². The van der Waals surface area contributed by atoms with Gasteiger partial charge in [0.05, 0.1) is 0 Å². The fourth-order valence-corrected chi connectivity index (χ4v) is 3.88. The van der Waals surface area contributed by atoms with Gasteiger partial charge in [-0.15, -0.1) is 0 Å². The summed E-state index contributed by atoms with van der Waals surface area (Å²) in [6.45, 7) is 3.87. The molecule has 2 fully saturated rings. The smallest absolute Gasteiger partial charge is 0.0458 e. The van der Waals surface area contributed by atoms with Gasteiger partial charge in [-0.05, 0) is 37.3 Å². The summed E-state index contributed by atoms with van der Waals surface area (Å²) in [5.41, 5.74) is 3.08. The molecule has 0 bridgehead atoms. The van der Waals surface area contributed by atoms with Crippen LogP contribution in [0.5, 0.6) is 0 Å². The minimum Gasteiger partial charge on any atom is -0.367 e. The third-order valence-corrected chi connectivity index (χ3v) is 5.08. The summed E-state index contributed by atoms with van der Waals surface area (Å²) in [6, 6.07) is 10.7. The Labute approximate surface area is 110 Å². The lowest BCUT2D eigenvalue weighted by atomic mass is 9.91. The Morgan fingerprint density at radius 3 is 2.67 bits per heavy atom. The van der Waals surface area contributed by atoms with Crippen LogP contribution in [0.2, 0.25) is 0 Å². The third kappa shape index (κ3) is 1.66. The molecule has 0 spiro atoms. The van der Waals surface area contributed by atoms with Gasteiger partial charge in [0.2, 0.25) is 0 Å². The van der Waals surface area contributed by atoms with E-state index in [9.17, 15) is 0 Å². The van der Waals surface area contributed by atoms with Gasteiger partial charge in [0, 0.05) is 37.4 Å². The molecule has 18 heavy (non-hydrogen) atoms. The molecule has 0 N–H and O–H groups in total. The Morgan fingerprint density at radius 2 is 1.83 bits per heavy atom. The molecule has 1 saturated heterocycles. The number of benzene rings is 1. The second-order valence-corrected chi connectivity index (χ2v) is 6.11. The Morgan fingerprint density at radius 1 is 0.944 bits per heavy atom. The van der Waals surface area contributed by atoms with E-state index >= 15 is 0 Å². The number of anilines is 1. The highest BCUT2D eigenvalue weighted by atomic mass is 15.3. The molecule has 1 aromatic carbocycles. The molecule has 4 rings (SSSR count). The van der Waals surface area contributed by atoms with E-state index in [1.807, 2.05) is 0 Å². The largest absolute Gasteiger partial charge is 0.367 e. The van der Waals surface area contributed by atoms with Crippen LogP contribution in [0.25, 0.3) is 0 Å². The lowest BCUT2D eigenvalue weighted by Crippen LogP contribution is -2.45. The molecule has 3 aliphatic rings. The zero-order valence-electron chi connectivity index (χ0n) is 11.0. The van der Waals surface area contributed by atoms with E-state index in [2.05, 4.69) is 34.1 Å². The maximum absolute atomic E-state index is 2.78. The predicted molar refractivity (Wildman–Crippen MR) is 75.1 cm³/mol. The summed E-state index contributed by atoms with van der Waals surface area (Å²) in [4.78, 5) is 5.45. The van der Waals surface area contributed by atoms with Crippen molar-refractivity contribution in [2.75, 3.05) is 24.5 Å². The van der Waals surface area contributed by atoms with Crippen molar-refractivity contribution in [2.24, 2.45) is 0 Å². The van der Waals surface area contributed by atoms with Crippen LogP contribution in [0.1, 0.15) is 31.2 Å². The molecule has 2 heteroatoms. The van der Waals surface area contributed by atoms with Gasteiger partial charge in [-0.25, -0.2) is 0 Å². The normalized spacial score (nSPS) is 28.4. The highest BCUT2D eigenvalue weighted by Gasteiger charge is 2.35. The number of nitrogens with zero attached hydrogens (tertiary/aromatic N) is 2. The summed E-state index contributed by atoms with van der Waals surface area (Å²) in [7, 11) is 0. The highest BCUT2D eigenvalue weighted by Crippen LogP contribution is 2.35.